The SMILES string of the molecule is CC1=C(OCCC[P+](c2ccccc2)(c2ccccc2)c2ccccc2)C(=O)c2ccccc2C1=O.[Br-]. The average Bonchev–Trinajstić information content (AvgIpc) is 2.95. The number of rotatable bonds is 8. The molecule has 0 saturated carbocycles. The zero-order valence-electron chi connectivity index (χ0n) is 20.6. The topological polar surface area (TPSA) is 43.4 Å². The highest BCUT2D eigenvalue weighted by atomic mass is 79.9. The number of benzene rings is 4. The number of fused-ring (bicyclic) bond motifs is 1. The van der Waals surface area contributed by atoms with E-state index in [1.165, 1.54) is 15.9 Å². The van der Waals surface area contributed by atoms with Crippen LogP contribution in [0.4, 0.5) is 0 Å². The van der Waals surface area contributed by atoms with E-state index < -0.39 is 7.26 Å². The van der Waals surface area contributed by atoms with E-state index in [1.54, 1.807) is 31.2 Å². The van der Waals surface area contributed by atoms with E-state index in [4.69, 9.17) is 4.74 Å². The maximum Gasteiger partial charge on any atom is 0.228 e. The van der Waals surface area contributed by atoms with Gasteiger partial charge >= 0.3 is 0 Å². The fourth-order valence-electron chi connectivity index (χ4n) is 5.01. The summed E-state index contributed by atoms with van der Waals surface area (Å²) >= 11 is 0. The van der Waals surface area contributed by atoms with Crippen molar-refractivity contribution in [3.8, 4) is 0 Å². The lowest BCUT2D eigenvalue weighted by Crippen LogP contribution is -3.00. The quantitative estimate of drug-likeness (QED) is 0.242. The summed E-state index contributed by atoms with van der Waals surface area (Å²) in [6.07, 6.45) is 1.63. The molecule has 0 unspecified atom stereocenters. The van der Waals surface area contributed by atoms with Crippen molar-refractivity contribution in [3.05, 3.63) is 138 Å². The monoisotopic (exact) mass is 570 g/mol. The van der Waals surface area contributed by atoms with Gasteiger partial charge < -0.3 is 21.7 Å². The lowest BCUT2D eigenvalue weighted by atomic mass is 9.89. The number of Topliss-reactive ketones (excluding diaryl/α,β-unsaturated/α-hetero) is 2. The van der Waals surface area contributed by atoms with Gasteiger partial charge in [-0.15, -0.1) is 0 Å². The van der Waals surface area contributed by atoms with Gasteiger partial charge in [-0.3, -0.25) is 9.59 Å². The Morgan fingerprint density at radius 2 is 1.00 bits per heavy atom. The van der Waals surface area contributed by atoms with Gasteiger partial charge in [-0.05, 0) is 43.3 Å². The van der Waals surface area contributed by atoms with Crippen molar-refractivity contribution in [1.29, 1.82) is 0 Å². The number of ketones is 2. The second kappa shape index (κ2) is 11.8. The van der Waals surface area contributed by atoms with Crippen molar-refractivity contribution in [2.24, 2.45) is 0 Å². The van der Waals surface area contributed by atoms with Gasteiger partial charge in [0.1, 0.15) is 23.2 Å². The molecule has 4 aromatic rings. The number of allylic oxidation sites excluding steroid dienone is 2. The minimum Gasteiger partial charge on any atom is -1.00 e. The summed E-state index contributed by atoms with van der Waals surface area (Å²) in [7, 11) is -1.97. The number of halogens is 1. The first-order valence-electron chi connectivity index (χ1n) is 12.2. The Morgan fingerprint density at radius 1 is 0.595 bits per heavy atom. The molecule has 0 spiro atoms. The third-order valence-corrected chi connectivity index (χ3v) is 11.3. The zero-order chi connectivity index (χ0) is 25.0. The van der Waals surface area contributed by atoms with E-state index in [1.807, 2.05) is 0 Å². The van der Waals surface area contributed by atoms with Crippen molar-refractivity contribution in [3.63, 3.8) is 0 Å². The second-order valence-corrected chi connectivity index (χ2v) is 12.5. The van der Waals surface area contributed by atoms with Crippen LogP contribution in [0.3, 0.4) is 0 Å². The molecule has 0 fully saturated rings. The molecule has 5 heteroatoms. The van der Waals surface area contributed by atoms with E-state index in [0.29, 0.717) is 23.3 Å². The first-order chi connectivity index (χ1) is 17.6. The summed E-state index contributed by atoms with van der Waals surface area (Å²) in [5.41, 5.74) is 1.26. The standard InChI is InChI=1S/C32H28O3P.BrH/c1-24-30(33)28-20-11-12-21-29(28)31(34)32(24)35-22-13-23-36(25-14-5-2-6-15-25,26-16-7-3-8-17-26)27-18-9-4-10-19-27;/h2-12,14-21H,13,22-23H2,1H3;1H/q+1;/p-1. The smallest absolute Gasteiger partial charge is 0.228 e. The fraction of sp³-hybridized carbons (Fsp3) is 0.125. The Balaban J connectivity index is 0.00000320. The van der Waals surface area contributed by atoms with Crippen molar-refractivity contribution in [1.82, 2.24) is 0 Å². The van der Waals surface area contributed by atoms with Crippen molar-refractivity contribution in [2.45, 2.75) is 13.3 Å². The van der Waals surface area contributed by atoms with Gasteiger partial charge in [-0.25, -0.2) is 0 Å². The minimum atomic E-state index is -1.97. The molecule has 5 rings (SSSR count). The van der Waals surface area contributed by atoms with Crippen LogP contribution < -0.4 is 32.9 Å². The fourth-order valence-corrected chi connectivity index (χ4v) is 9.32. The van der Waals surface area contributed by atoms with Gasteiger partial charge in [0.2, 0.25) is 5.78 Å². The molecule has 0 aromatic heterocycles. The highest BCUT2D eigenvalue weighted by Gasteiger charge is 2.44. The van der Waals surface area contributed by atoms with Gasteiger partial charge in [0, 0.05) is 23.1 Å². The summed E-state index contributed by atoms with van der Waals surface area (Å²) in [5.74, 6) is -0.167. The number of carbonyl (C=O) groups excluding carboxylic acids is 2. The van der Waals surface area contributed by atoms with Crippen LogP contribution in [0.2, 0.25) is 0 Å². The molecule has 186 valence electrons. The van der Waals surface area contributed by atoms with E-state index in [2.05, 4.69) is 91.0 Å². The summed E-state index contributed by atoms with van der Waals surface area (Å²) in [4.78, 5) is 25.9. The number of hydrogen-bond donors (Lipinski definition) is 0. The molecule has 0 N–H and O–H groups in total. The van der Waals surface area contributed by atoms with Crippen LogP contribution in [0.1, 0.15) is 34.1 Å². The van der Waals surface area contributed by atoms with Crippen LogP contribution in [0.5, 0.6) is 0 Å². The summed E-state index contributed by atoms with van der Waals surface area (Å²) in [6, 6.07) is 39.1. The molecule has 0 atom stereocenters. The lowest BCUT2D eigenvalue weighted by molar-refractivity contribution is -0.0000209. The molecule has 1 aliphatic carbocycles. The third-order valence-electron chi connectivity index (χ3n) is 6.78. The highest BCUT2D eigenvalue weighted by molar-refractivity contribution is 7.95. The molecule has 4 aromatic carbocycles. The lowest BCUT2D eigenvalue weighted by Gasteiger charge is -2.28. The molecule has 0 heterocycles. The van der Waals surface area contributed by atoms with E-state index >= 15 is 0 Å². The first-order valence-corrected chi connectivity index (χ1v) is 14.2. The molecular weight excluding hydrogens is 543 g/mol. The minimum absolute atomic E-state index is 0. The van der Waals surface area contributed by atoms with Crippen LogP contribution in [-0.2, 0) is 4.74 Å². The predicted octanol–water partition coefficient (Wildman–Crippen LogP) is 2.74. The third kappa shape index (κ3) is 5.09. The van der Waals surface area contributed by atoms with Crippen LogP contribution in [0.25, 0.3) is 0 Å². The molecule has 3 nitrogen and oxygen atoms in total. The molecule has 0 bridgehead atoms. The molecule has 0 saturated heterocycles. The van der Waals surface area contributed by atoms with Crippen molar-refractivity contribution in [2.75, 3.05) is 12.8 Å². The van der Waals surface area contributed by atoms with Crippen LogP contribution in [0.15, 0.2) is 127 Å². The van der Waals surface area contributed by atoms with Gasteiger partial charge in [0.05, 0.1) is 12.8 Å². The van der Waals surface area contributed by atoms with E-state index in [9.17, 15) is 9.59 Å². The Bertz CT molecular complexity index is 1320. The van der Waals surface area contributed by atoms with Crippen LogP contribution >= 0.6 is 7.26 Å². The molecule has 0 amide bonds. The van der Waals surface area contributed by atoms with Gasteiger partial charge in [-0.1, -0.05) is 78.9 Å². The zero-order valence-corrected chi connectivity index (χ0v) is 23.1. The highest BCUT2D eigenvalue weighted by Crippen LogP contribution is 2.55. The number of carbonyl (C=O) groups is 2. The summed E-state index contributed by atoms with van der Waals surface area (Å²) in [6.45, 7) is 2.04. The number of hydrogen-bond acceptors (Lipinski definition) is 3. The molecule has 37 heavy (non-hydrogen) atoms. The Kier molecular flexibility index (Phi) is 8.53. The normalized spacial score (nSPS) is 13.1. The van der Waals surface area contributed by atoms with Crippen molar-refractivity contribution >= 4 is 34.7 Å². The number of ether oxygens (including phenoxy) is 1. The maximum absolute atomic E-state index is 13.1. The Labute approximate surface area is 229 Å². The Hall–Kier alpha value is -3.33. The largest absolute Gasteiger partial charge is 1.00 e. The van der Waals surface area contributed by atoms with Gasteiger partial charge in [-0.2, -0.15) is 0 Å². The average molecular weight is 571 g/mol. The van der Waals surface area contributed by atoms with Gasteiger partial charge in [0.25, 0.3) is 0 Å². The molecule has 0 radical (unpaired) electrons. The predicted molar refractivity (Wildman–Crippen MR) is 148 cm³/mol. The first kappa shape index (κ1) is 26.7. The van der Waals surface area contributed by atoms with Crippen LogP contribution in [0, 0.1) is 0 Å². The molecular formula is C32H28BrO3P. The summed E-state index contributed by atoms with van der Waals surface area (Å²) < 4.78 is 6.06. The Morgan fingerprint density at radius 3 is 1.46 bits per heavy atom. The van der Waals surface area contributed by atoms with E-state index in [-0.39, 0.29) is 34.3 Å². The van der Waals surface area contributed by atoms with Crippen LogP contribution in [-0.4, -0.2) is 24.3 Å². The maximum atomic E-state index is 13.1. The van der Waals surface area contributed by atoms with Crippen molar-refractivity contribution < 1.29 is 31.3 Å². The van der Waals surface area contributed by atoms with E-state index in [0.717, 1.165) is 12.6 Å². The summed E-state index contributed by atoms with van der Waals surface area (Å²) in [5, 5.41) is 3.95. The van der Waals surface area contributed by atoms with Gasteiger partial charge in [0.15, 0.2) is 11.5 Å². The molecule has 1 aliphatic rings. The molecule has 0 aliphatic heterocycles. The second-order valence-electron chi connectivity index (χ2n) is 8.90.